The summed E-state index contributed by atoms with van der Waals surface area (Å²) in [5, 5.41) is 12.5. The lowest BCUT2D eigenvalue weighted by molar-refractivity contribution is -0.913. The number of likely N-dealkylation sites (tertiary alicyclic amines) is 1. The second-order valence-corrected chi connectivity index (χ2v) is 6.43. The minimum atomic E-state index is -0.951. The van der Waals surface area contributed by atoms with Gasteiger partial charge in [-0.2, -0.15) is 0 Å². The van der Waals surface area contributed by atoms with Crippen LogP contribution in [0.2, 0.25) is 0 Å². The van der Waals surface area contributed by atoms with Crippen molar-refractivity contribution in [1.82, 2.24) is 10.2 Å². The van der Waals surface area contributed by atoms with E-state index in [1.807, 2.05) is 37.3 Å². The molecule has 2 aliphatic heterocycles. The summed E-state index contributed by atoms with van der Waals surface area (Å²) in [4.78, 5) is 27.9. The van der Waals surface area contributed by atoms with Gasteiger partial charge in [0.15, 0.2) is 6.67 Å². The Hall–Kier alpha value is -1.92. The van der Waals surface area contributed by atoms with Gasteiger partial charge in [-0.05, 0) is 12.0 Å². The van der Waals surface area contributed by atoms with Gasteiger partial charge in [-0.25, -0.2) is 9.69 Å². The van der Waals surface area contributed by atoms with E-state index in [4.69, 9.17) is 0 Å². The van der Waals surface area contributed by atoms with Gasteiger partial charge >= 0.3 is 6.03 Å². The van der Waals surface area contributed by atoms with Crippen molar-refractivity contribution < 1.29 is 19.6 Å². The quantitative estimate of drug-likeness (QED) is 0.676. The molecule has 0 bridgehead atoms. The van der Waals surface area contributed by atoms with E-state index in [1.165, 1.54) is 9.80 Å². The van der Waals surface area contributed by atoms with E-state index in [9.17, 15) is 14.7 Å². The van der Waals surface area contributed by atoms with Gasteiger partial charge in [-0.1, -0.05) is 37.3 Å². The van der Waals surface area contributed by atoms with Crippen LogP contribution >= 0.6 is 0 Å². The SMILES string of the molecule is CC[C@]1(c2ccccc2)NC(=O)N(C[NH+]2CCC(O)CC2)C1=O. The summed E-state index contributed by atoms with van der Waals surface area (Å²) in [5.74, 6) is -0.171. The number of hydrogen-bond donors (Lipinski definition) is 3. The van der Waals surface area contributed by atoms with Crippen molar-refractivity contribution in [2.24, 2.45) is 0 Å². The van der Waals surface area contributed by atoms with E-state index in [2.05, 4.69) is 5.32 Å². The lowest BCUT2D eigenvalue weighted by Crippen LogP contribution is -3.14. The molecule has 0 aromatic heterocycles. The molecule has 23 heavy (non-hydrogen) atoms. The van der Waals surface area contributed by atoms with Crippen LogP contribution in [-0.2, 0) is 10.3 Å². The Kier molecular flexibility index (Phi) is 4.37. The fourth-order valence-electron chi connectivity index (χ4n) is 3.52. The molecule has 0 aliphatic carbocycles. The minimum absolute atomic E-state index is 0.171. The van der Waals surface area contributed by atoms with Gasteiger partial charge in [0.1, 0.15) is 5.54 Å². The first-order chi connectivity index (χ1) is 11.1. The van der Waals surface area contributed by atoms with Crippen molar-refractivity contribution in [2.45, 2.75) is 37.8 Å². The smallest absolute Gasteiger partial charge is 0.329 e. The van der Waals surface area contributed by atoms with Gasteiger partial charge < -0.3 is 15.3 Å². The summed E-state index contributed by atoms with van der Waals surface area (Å²) in [7, 11) is 0. The molecule has 124 valence electrons. The molecule has 2 saturated heterocycles. The van der Waals surface area contributed by atoms with Crippen LogP contribution < -0.4 is 10.2 Å². The fourth-order valence-corrected chi connectivity index (χ4v) is 3.52. The highest BCUT2D eigenvalue weighted by Crippen LogP contribution is 2.31. The van der Waals surface area contributed by atoms with E-state index in [0.717, 1.165) is 31.5 Å². The predicted molar refractivity (Wildman–Crippen MR) is 84.6 cm³/mol. The molecule has 1 atom stereocenters. The van der Waals surface area contributed by atoms with Crippen molar-refractivity contribution in [3.8, 4) is 0 Å². The average Bonchev–Trinajstić information content (AvgIpc) is 2.83. The molecule has 1 aromatic carbocycles. The van der Waals surface area contributed by atoms with Gasteiger partial charge in [-0.15, -0.1) is 0 Å². The Bertz CT molecular complexity index is 584. The summed E-state index contributed by atoms with van der Waals surface area (Å²) in [6.45, 7) is 3.84. The van der Waals surface area contributed by atoms with Crippen LogP contribution in [0.5, 0.6) is 0 Å². The zero-order valence-electron chi connectivity index (χ0n) is 13.4. The maximum absolute atomic E-state index is 13.0. The molecule has 6 nitrogen and oxygen atoms in total. The summed E-state index contributed by atoms with van der Waals surface area (Å²) < 4.78 is 0. The Balaban J connectivity index is 1.79. The third kappa shape index (κ3) is 2.84. The number of carbonyl (C=O) groups excluding carboxylic acids is 2. The Labute approximate surface area is 136 Å². The first kappa shape index (κ1) is 16.0. The topological polar surface area (TPSA) is 74.1 Å². The van der Waals surface area contributed by atoms with E-state index in [-0.39, 0.29) is 18.0 Å². The third-order valence-electron chi connectivity index (χ3n) is 5.02. The molecule has 2 aliphatic rings. The van der Waals surface area contributed by atoms with Crippen molar-refractivity contribution in [2.75, 3.05) is 19.8 Å². The molecule has 3 N–H and O–H groups in total. The van der Waals surface area contributed by atoms with E-state index < -0.39 is 5.54 Å². The molecular weight excluding hydrogens is 294 g/mol. The molecule has 0 saturated carbocycles. The van der Waals surface area contributed by atoms with E-state index in [0.29, 0.717) is 13.1 Å². The number of piperidine rings is 1. The zero-order valence-corrected chi connectivity index (χ0v) is 13.4. The largest absolute Gasteiger partial charge is 0.393 e. The molecular formula is C17H24N3O3+. The lowest BCUT2D eigenvalue weighted by Gasteiger charge is -2.29. The van der Waals surface area contributed by atoms with E-state index in [1.54, 1.807) is 0 Å². The molecule has 1 aromatic rings. The predicted octanol–water partition coefficient (Wildman–Crippen LogP) is -0.159. The number of carbonyl (C=O) groups is 2. The van der Waals surface area contributed by atoms with Crippen molar-refractivity contribution in [3.05, 3.63) is 35.9 Å². The number of nitrogens with one attached hydrogen (secondary N) is 2. The highest BCUT2D eigenvalue weighted by molar-refractivity contribution is 6.07. The maximum Gasteiger partial charge on any atom is 0.329 e. The number of rotatable bonds is 4. The first-order valence-electron chi connectivity index (χ1n) is 8.28. The van der Waals surface area contributed by atoms with Gasteiger partial charge in [-0.3, -0.25) is 4.79 Å². The standard InChI is InChI=1S/C17H23N3O3/c1-2-17(13-6-4-3-5-7-13)15(22)20(16(23)18-17)12-19-10-8-14(21)9-11-19/h3-7,14,21H,2,8-12H2,1H3,(H,18,23)/p+1/t17-/m1/s1. The Morgan fingerprint density at radius 2 is 1.91 bits per heavy atom. The number of hydrogen-bond acceptors (Lipinski definition) is 3. The molecule has 3 amide bonds. The number of urea groups is 1. The van der Waals surface area contributed by atoms with Crippen LogP contribution in [0.25, 0.3) is 0 Å². The summed E-state index contributed by atoms with van der Waals surface area (Å²) in [6.07, 6.45) is 1.71. The molecule has 0 unspecified atom stereocenters. The second kappa shape index (κ2) is 6.29. The van der Waals surface area contributed by atoms with Crippen molar-refractivity contribution >= 4 is 11.9 Å². The monoisotopic (exact) mass is 318 g/mol. The van der Waals surface area contributed by atoms with Crippen molar-refractivity contribution in [1.29, 1.82) is 0 Å². The second-order valence-electron chi connectivity index (χ2n) is 6.43. The highest BCUT2D eigenvalue weighted by atomic mass is 16.3. The minimum Gasteiger partial charge on any atom is -0.393 e. The van der Waals surface area contributed by atoms with Crippen LogP contribution in [0.15, 0.2) is 30.3 Å². The number of quaternary nitrogens is 1. The number of imide groups is 1. The molecule has 0 radical (unpaired) electrons. The summed E-state index contributed by atoms with van der Waals surface area (Å²) in [5.41, 5.74) is -0.125. The van der Waals surface area contributed by atoms with Gasteiger partial charge in [0.25, 0.3) is 5.91 Å². The van der Waals surface area contributed by atoms with Crippen LogP contribution in [0.1, 0.15) is 31.7 Å². The number of aliphatic hydroxyl groups is 1. The van der Waals surface area contributed by atoms with Gasteiger partial charge in [0, 0.05) is 12.8 Å². The van der Waals surface area contributed by atoms with Crippen LogP contribution in [0.3, 0.4) is 0 Å². The average molecular weight is 318 g/mol. The van der Waals surface area contributed by atoms with E-state index >= 15 is 0 Å². The van der Waals surface area contributed by atoms with Gasteiger partial charge in [0.2, 0.25) is 0 Å². The molecule has 3 rings (SSSR count). The normalized spacial score (nSPS) is 31.3. The Morgan fingerprint density at radius 1 is 1.26 bits per heavy atom. The van der Waals surface area contributed by atoms with Crippen LogP contribution in [-0.4, -0.2) is 47.8 Å². The summed E-state index contributed by atoms with van der Waals surface area (Å²) in [6, 6.07) is 9.11. The number of aliphatic hydroxyl groups excluding tert-OH is 1. The summed E-state index contributed by atoms with van der Waals surface area (Å²) >= 11 is 0. The zero-order chi connectivity index (χ0) is 16.4. The molecule has 0 spiro atoms. The maximum atomic E-state index is 13.0. The molecule has 2 fully saturated rings. The molecule has 6 heteroatoms. The lowest BCUT2D eigenvalue weighted by atomic mass is 9.87. The van der Waals surface area contributed by atoms with Crippen LogP contribution in [0.4, 0.5) is 4.79 Å². The number of amides is 3. The van der Waals surface area contributed by atoms with Gasteiger partial charge in [0.05, 0.1) is 19.2 Å². The highest BCUT2D eigenvalue weighted by Gasteiger charge is 2.52. The fraction of sp³-hybridized carbons (Fsp3) is 0.529. The molecule has 2 heterocycles. The Morgan fingerprint density at radius 3 is 2.52 bits per heavy atom. The number of benzene rings is 1. The third-order valence-corrected chi connectivity index (χ3v) is 5.02. The first-order valence-corrected chi connectivity index (χ1v) is 8.28. The van der Waals surface area contributed by atoms with Crippen LogP contribution in [0, 0.1) is 0 Å². The number of nitrogens with zero attached hydrogens (tertiary/aromatic N) is 1. The van der Waals surface area contributed by atoms with Crippen molar-refractivity contribution in [3.63, 3.8) is 0 Å².